The van der Waals surface area contributed by atoms with Crippen LogP contribution < -0.4 is 5.48 Å². The second kappa shape index (κ2) is 9.52. The lowest BCUT2D eigenvalue weighted by Crippen LogP contribution is -2.37. The van der Waals surface area contributed by atoms with Crippen LogP contribution in [0.25, 0.3) is 17.1 Å². The van der Waals surface area contributed by atoms with Crippen molar-refractivity contribution in [2.45, 2.75) is 32.5 Å². The van der Waals surface area contributed by atoms with E-state index in [2.05, 4.69) is 4.98 Å². The van der Waals surface area contributed by atoms with Crippen LogP contribution in [0.1, 0.15) is 25.3 Å². The third kappa shape index (κ3) is 6.69. The van der Waals surface area contributed by atoms with E-state index in [1.165, 1.54) is 22.5 Å². The van der Waals surface area contributed by atoms with Gasteiger partial charge >= 0.3 is 6.18 Å². The molecular formula is C18H23F3N4O2. The number of unbranched alkanes of at least 4 members (excludes halogenated alkanes) is 1. The molecule has 2 rings (SSSR count). The molecule has 0 atom stereocenters. The molecule has 6 nitrogen and oxygen atoms in total. The van der Waals surface area contributed by atoms with Gasteiger partial charge < -0.3 is 4.57 Å². The van der Waals surface area contributed by atoms with E-state index >= 15 is 0 Å². The van der Waals surface area contributed by atoms with Gasteiger partial charge in [-0.15, -0.1) is 0 Å². The van der Waals surface area contributed by atoms with E-state index in [1.54, 1.807) is 24.5 Å². The molecule has 0 aliphatic rings. The minimum atomic E-state index is -4.22. The van der Waals surface area contributed by atoms with E-state index in [9.17, 15) is 18.0 Å². The van der Waals surface area contributed by atoms with E-state index in [0.29, 0.717) is 18.6 Å². The number of carbonyl (C=O) groups is 1. The van der Waals surface area contributed by atoms with Crippen LogP contribution in [0.4, 0.5) is 13.2 Å². The number of halogens is 3. The number of rotatable bonds is 9. The summed E-state index contributed by atoms with van der Waals surface area (Å²) in [7, 11) is 0. The summed E-state index contributed by atoms with van der Waals surface area (Å²) in [5.74, 6) is -0.641. The van der Waals surface area contributed by atoms with Crippen molar-refractivity contribution in [3.63, 3.8) is 0 Å². The van der Waals surface area contributed by atoms with Gasteiger partial charge in [0.15, 0.2) is 0 Å². The van der Waals surface area contributed by atoms with Gasteiger partial charge in [0.2, 0.25) is 0 Å². The fraction of sp³-hybridized carbons (Fsp3) is 0.444. The average Bonchev–Trinajstić information content (AvgIpc) is 3.03. The molecule has 2 aromatic rings. The van der Waals surface area contributed by atoms with Crippen LogP contribution in [0.3, 0.4) is 0 Å². The molecule has 0 saturated heterocycles. The van der Waals surface area contributed by atoms with Gasteiger partial charge in [0.05, 0.1) is 23.9 Å². The minimum absolute atomic E-state index is 0.281. The lowest BCUT2D eigenvalue weighted by atomic mass is 10.2. The highest BCUT2D eigenvalue weighted by atomic mass is 19.4. The number of fused-ring (bicyclic) bond motifs is 1. The zero-order valence-electron chi connectivity index (χ0n) is 15.0. The first-order valence-electron chi connectivity index (χ1n) is 8.68. The van der Waals surface area contributed by atoms with Crippen molar-refractivity contribution >= 4 is 23.0 Å². The number of hydrogen-bond acceptors (Lipinski definition) is 4. The Kier molecular flexibility index (Phi) is 7.37. The number of nitrogens with one attached hydrogen (secondary N) is 1. The van der Waals surface area contributed by atoms with Crippen molar-refractivity contribution in [3.8, 4) is 0 Å². The second-order valence-electron chi connectivity index (χ2n) is 6.24. The third-order valence-corrected chi connectivity index (χ3v) is 4.07. The quantitative estimate of drug-likeness (QED) is 0.396. The van der Waals surface area contributed by atoms with E-state index in [0.717, 1.165) is 23.9 Å². The fourth-order valence-corrected chi connectivity index (χ4v) is 2.73. The van der Waals surface area contributed by atoms with Gasteiger partial charge in [0.25, 0.3) is 5.91 Å². The van der Waals surface area contributed by atoms with Gasteiger partial charge in [0, 0.05) is 19.2 Å². The number of benzene rings is 1. The number of aromatic nitrogens is 2. The number of hydrogen-bond donors (Lipinski definition) is 2. The van der Waals surface area contributed by atoms with Gasteiger partial charge in [-0.3, -0.25) is 14.9 Å². The van der Waals surface area contributed by atoms with Gasteiger partial charge in [-0.2, -0.15) is 13.2 Å². The summed E-state index contributed by atoms with van der Waals surface area (Å²) in [6.45, 7) is 2.12. The number of alkyl halides is 3. The normalized spacial score (nSPS) is 12.4. The molecule has 0 aliphatic heterocycles. The topological polar surface area (TPSA) is 70.4 Å². The molecule has 0 spiro atoms. The maximum Gasteiger partial charge on any atom is 0.401 e. The Balaban J connectivity index is 2.07. The van der Waals surface area contributed by atoms with Crippen LogP contribution in [0.5, 0.6) is 0 Å². The molecule has 9 heteroatoms. The molecule has 0 radical (unpaired) electrons. The lowest BCUT2D eigenvalue weighted by molar-refractivity contribution is -0.146. The van der Waals surface area contributed by atoms with Crippen molar-refractivity contribution in [1.29, 1.82) is 0 Å². The first-order chi connectivity index (χ1) is 12.8. The standard InChI is InChI=1S/C18H23F3N4O2/c1-2-3-8-24(12-18(19,20)21)9-10-25-13-22-15-11-14(4-6-16(15)25)5-7-17(26)23-27/h4-7,11,13,27H,2-3,8-10,12H2,1H3,(H,23,26)/b7-5+. The van der Waals surface area contributed by atoms with E-state index < -0.39 is 18.6 Å². The summed E-state index contributed by atoms with van der Waals surface area (Å²) in [6.07, 6.45) is 1.66. The molecule has 0 aliphatic carbocycles. The second-order valence-corrected chi connectivity index (χ2v) is 6.24. The van der Waals surface area contributed by atoms with Gasteiger partial charge in [-0.1, -0.05) is 19.4 Å². The molecule has 27 heavy (non-hydrogen) atoms. The predicted octanol–water partition coefficient (Wildman–Crippen LogP) is 3.22. The summed E-state index contributed by atoms with van der Waals surface area (Å²) >= 11 is 0. The molecule has 1 aromatic carbocycles. The van der Waals surface area contributed by atoms with E-state index in [1.807, 2.05) is 11.5 Å². The SMILES string of the molecule is CCCCN(CCn1cnc2cc(/C=C/C(=O)NO)ccc21)CC(F)(F)F. The first kappa shape index (κ1) is 20.9. The predicted molar refractivity (Wildman–Crippen MR) is 96.1 cm³/mol. The Morgan fingerprint density at radius 1 is 1.37 bits per heavy atom. The maximum absolute atomic E-state index is 12.7. The highest BCUT2D eigenvalue weighted by molar-refractivity contribution is 5.91. The van der Waals surface area contributed by atoms with Gasteiger partial charge in [0.1, 0.15) is 0 Å². The molecule has 2 N–H and O–H groups in total. The number of nitrogens with zero attached hydrogens (tertiary/aromatic N) is 3. The van der Waals surface area contributed by atoms with Crippen LogP contribution >= 0.6 is 0 Å². The van der Waals surface area contributed by atoms with Crippen LogP contribution in [-0.2, 0) is 11.3 Å². The summed E-state index contributed by atoms with van der Waals surface area (Å²) in [4.78, 5) is 16.7. The van der Waals surface area contributed by atoms with Crippen molar-refractivity contribution < 1.29 is 23.2 Å². The summed E-state index contributed by atoms with van der Waals surface area (Å²) < 4.78 is 40.0. The highest BCUT2D eigenvalue weighted by Gasteiger charge is 2.30. The summed E-state index contributed by atoms with van der Waals surface area (Å²) in [5, 5.41) is 8.48. The Bertz CT molecular complexity index is 786. The number of carbonyl (C=O) groups excluding carboxylic acids is 1. The first-order valence-corrected chi connectivity index (χ1v) is 8.68. The number of imidazole rings is 1. The van der Waals surface area contributed by atoms with E-state index in [-0.39, 0.29) is 6.54 Å². The third-order valence-electron chi connectivity index (χ3n) is 4.07. The van der Waals surface area contributed by atoms with Crippen molar-refractivity contribution in [3.05, 3.63) is 36.2 Å². The zero-order chi connectivity index (χ0) is 19.9. The summed E-state index contributed by atoms with van der Waals surface area (Å²) in [6, 6.07) is 5.34. The Labute approximate surface area is 155 Å². The zero-order valence-corrected chi connectivity index (χ0v) is 15.0. The van der Waals surface area contributed by atoms with Crippen molar-refractivity contribution in [1.82, 2.24) is 19.9 Å². The largest absolute Gasteiger partial charge is 0.401 e. The van der Waals surface area contributed by atoms with Crippen LogP contribution in [0, 0.1) is 0 Å². The van der Waals surface area contributed by atoms with Gasteiger partial charge in [-0.25, -0.2) is 10.5 Å². The Morgan fingerprint density at radius 2 is 2.15 bits per heavy atom. The Morgan fingerprint density at radius 3 is 2.81 bits per heavy atom. The molecule has 1 amide bonds. The highest BCUT2D eigenvalue weighted by Crippen LogP contribution is 2.19. The number of hydroxylamine groups is 1. The van der Waals surface area contributed by atoms with Crippen LogP contribution in [-0.4, -0.2) is 51.4 Å². The molecular weight excluding hydrogens is 361 g/mol. The Hall–Kier alpha value is -2.39. The van der Waals surface area contributed by atoms with E-state index in [4.69, 9.17) is 5.21 Å². The number of amides is 1. The average molecular weight is 384 g/mol. The van der Waals surface area contributed by atoms with Crippen molar-refractivity contribution in [2.75, 3.05) is 19.6 Å². The summed E-state index contributed by atoms with van der Waals surface area (Å²) in [5.41, 5.74) is 3.71. The monoisotopic (exact) mass is 384 g/mol. The smallest absolute Gasteiger partial charge is 0.329 e. The van der Waals surface area contributed by atoms with Crippen molar-refractivity contribution in [2.24, 2.45) is 0 Å². The minimum Gasteiger partial charge on any atom is -0.329 e. The molecule has 0 fully saturated rings. The lowest BCUT2D eigenvalue weighted by Gasteiger charge is -2.23. The molecule has 1 aromatic heterocycles. The molecule has 148 valence electrons. The maximum atomic E-state index is 12.7. The van der Waals surface area contributed by atoms with Crippen LogP contribution in [0.2, 0.25) is 0 Å². The molecule has 0 saturated carbocycles. The molecule has 0 unspecified atom stereocenters. The van der Waals surface area contributed by atoms with Gasteiger partial charge in [-0.05, 0) is 36.7 Å². The fourth-order valence-electron chi connectivity index (χ4n) is 2.73. The molecule has 0 bridgehead atoms. The molecule has 1 heterocycles. The van der Waals surface area contributed by atoms with Crippen LogP contribution in [0.15, 0.2) is 30.6 Å².